The maximum absolute atomic E-state index is 12.5. The number of amides is 1. The molecule has 4 heterocycles. The predicted molar refractivity (Wildman–Crippen MR) is 102 cm³/mol. The number of carbonyl (C=O) groups is 1. The molecular formula is C19H12F3N7O3. The van der Waals surface area contributed by atoms with Crippen LogP contribution in [0, 0.1) is 0 Å². The Labute approximate surface area is 177 Å². The van der Waals surface area contributed by atoms with Gasteiger partial charge in [0.1, 0.15) is 6.61 Å². The van der Waals surface area contributed by atoms with Crippen molar-refractivity contribution in [3.05, 3.63) is 66.7 Å². The molecule has 4 aromatic rings. The third kappa shape index (κ3) is 5.00. The highest BCUT2D eigenvalue weighted by Crippen LogP contribution is 2.29. The van der Waals surface area contributed by atoms with Gasteiger partial charge in [-0.3, -0.25) is 15.3 Å². The van der Waals surface area contributed by atoms with Crippen LogP contribution < -0.4 is 5.32 Å². The molecule has 1 amide bonds. The summed E-state index contributed by atoms with van der Waals surface area (Å²) in [5.41, 5.74) is 2.31. The molecule has 1 N–H and O–H groups in total. The van der Waals surface area contributed by atoms with Gasteiger partial charge in [-0.1, -0.05) is 11.2 Å². The van der Waals surface area contributed by atoms with Gasteiger partial charge in [-0.05, 0) is 18.2 Å². The van der Waals surface area contributed by atoms with Gasteiger partial charge in [0, 0.05) is 42.1 Å². The lowest BCUT2D eigenvalue weighted by atomic mass is 10.2. The standard InChI is InChI=1S/C19H12F3N7O3/c20-19(21,22)16-27-15(29-32-16)13-8-25-17(26-9-13)28-18(30)31-10-11-3-4-14(24-6-11)12-2-1-5-23-7-12/h1-9H,10H2,(H,25,26,28,30). The van der Waals surface area contributed by atoms with E-state index in [4.69, 9.17) is 4.74 Å². The minimum absolute atomic E-state index is 0.0483. The zero-order valence-corrected chi connectivity index (χ0v) is 15.9. The summed E-state index contributed by atoms with van der Waals surface area (Å²) in [5, 5.41) is 5.53. The van der Waals surface area contributed by atoms with E-state index >= 15 is 0 Å². The second-order valence-corrected chi connectivity index (χ2v) is 6.21. The van der Waals surface area contributed by atoms with Gasteiger partial charge in [-0.25, -0.2) is 14.8 Å². The highest BCUT2D eigenvalue weighted by molar-refractivity contribution is 5.82. The lowest BCUT2D eigenvalue weighted by Gasteiger charge is -2.07. The van der Waals surface area contributed by atoms with Crippen LogP contribution in [0.1, 0.15) is 11.5 Å². The van der Waals surface area contributed by atoms with Crippen LogP contribution >= 0.6 is 0 Å². The molecule has 0 aromatic carbocycles. The molecule has 0 fully saturated rings. The summed E-state index contributed by atoms with van der Waals surface area (Å²) < 4.78 is 46.8. The zero-order chi connectivity index (χ0) is 22.6. The number of halogens is 3. The second-order valence-electron chi connectivity index (χ2n) is 6.21. The summed E-state index contributed by atoms with van der Waals surface area (Å²) >= 11 is 0. The number of hydrogen-bond acceptors (Lipinski definition) is 9. The number of rotatable bonds is 5. The van der Waals surface area contributed by atoms with E-state index in [0.29, 0.717) is 5.56 Å². The number of carbonyl (C=O) groups excluding carboxylic acids is 1. The number of nitrogens with one attached hydrogen (secondary N) is 1. The van der Waals surface area contributed by atoms with E-state index in [1.54, 1.807) is 36.8 Å². The molecule has 0 aliphatic heterocycles. The molecule has 0 radical (unpaired) electrons. The number of alkyl halides is 3. The van der Waals surface area contributed by atoms with E-state index < -0.39 is 18.2 Å². The lowest BCUT2D eigenvalue weighted by Crippen LogP contribution is -2.15. The largest absolute Gasteiger partial charge is 0.471 e. The van der Waals surface area contributed by atoms with Crippen LogP contribution in [0.4, 0.5) is 23.9 Å². The lowest BCUT2D eigenvalue weighted by molar-refractivity contribution is -0.159. The van der Waals surface area contributed by atoms with E-state index in [2.05, 4.69) is 39.9 Å². The Morgan fingerprint density at radius 1 is 1.03 bits per heavy atom. The Bertz CT molecular complexity index is 1200. The molecule has 162 valence electrons. The van der Waals surface area contributed by atoms with Crippen molar-refractivity contribution in [2.24, 2.45) is 0 Å². The first-order valence-electron chi connectivity index (χ1n) is 8.91. The third-order valence-electron chi connectivity index (χ3n) is 3.94. The Balaban J connectivity index is 1.31. The molecule has 0 aliphatic rings. The minimum atomic E-state index is -4.76. The van der Waals surface area contributed by atoms with Crippen LogP contribution in [0.15, 0.2) is 59.8 Å². The molecule has 4 aromatic heterocycles. The van der Waals surface area contributed by atoms with Crippen LogP contribution in [0.25, 0.3) is 22.6 Å². The fourth-order valence-electron chi connectivity index (χ4n) is 2.44. The Morgan fingerprint density at radius 3 is 2.47 bits per heavy atom. The van der Waals surface area contributed by atoms with Gasteiger partial charge in [0.15, 0.2) is 0 Å². The molecule has 13 heteroatoms. The predicted octanol–water partition coefficient (Wildman–Crippen LogP) is 3.75. The maximum Gasteiger partial charge on any atom is 0.471 e. The van der Waals surface area contributed by atoms with Gasteiger partial charge in [0.25, 0.3) is 0 Å². The van der Waals surface area contributed by atoms with Crippen molar-refractivity contribution < 1.29 is 27.2 Å². The van der Waals surface area contributed by atoms with E-state index in [1.165, 1.54) is 0 Å². The van der Waals surface area contributed by atoms with Crippen LogP contribution in [0.5, 0.6) is 0 Å². The smallest absolute Gasteiger partial charge is 0.444 e. The van der Waals surface area contributed by atoms with Gasteiger partial charge in [0.05, 0.1) is 11.3 Å². The third-order valence-corrected chi connectivity index (χ3v) is 3.94. The van der Waals surface area contributed by atoms with Crippen molar-refractivity contribution in [3.63, 3.8) is 0 Å². The number of ether oxygens (including phenoxy) is 1. The summed E-state index contributed by atoms with van der Waals surface area (Å²) in [6.45, 7) is -0.0483. The molecule has 4 rings (SSSR count). The summed E-state index contributed by atoms with van der Waals surface area (Å²) in [7, 11) is 0. The van der Waals surface area contributed by atoms with Crippen LogP contribution in [0.3, 0.4) is 0 Å². The number of nitrogens with zero attached hydrogens (tertiary/aromatic N) is 6. The highest BCUT2D eigenvalue weighted by Gasteiger charge is 2.38. The fraction of sp³-hybridized carbons (Fsp3) is 0.105. The zero-order valence-electron chi connectivity index (χ0n) is 15.9. The first-order chi connectivity index (χ1) is 15.4. The average Bonchev–Trinajstić information content (AvgIpc) is 3.30. The van der Waals surface area contributed by atoms with Gasteiger partial charge >= 0.3 is 18.2 Å². The van der Waals surface area contributed by atoms with Crippen molar-refractivity contribution in [2.75, 3.05) is 5.32 Å². The molecule has 0 unspecified atom stereocenters. The maximum atomic E-state index is 12.5. The molecule has 0 saturated heterocycles. The Hall–Kier alpha value is -4.42. The molecule has 0 bridgehead atoms. The topological polar surface area (TPSA) is 129 Å². The van der Waals surface area contributed by atoms with Crippen molar-refractivity contribution in [2.45, 2.75) is 12.8 Å². The highest BCUT2D eigenvalue weighted by atomic mass is 19.4. The molecule has 0 aliphatic carbocycles. The minimum Gasteiger partial charge on any atom is -0.444 e. The van der Waals surface area contributed by atoms with E-state index in [9.17, 15) is 18.0 Å². The Morgan fingerprint density at radius 2 is 1.84 bits per heavy atom. The van der Waals surface area contributed by atoms with Gasteiger partial charge < -0.3 is 9.26 Å². The van der Waals surface area contributed by atoms with Crippen molar-refractivity contribution in [3.8, 4) is 22.6 Å². The van der Waals surface area contributed by atoms with Gasteiger partial charge in [-0.2, -0.15) is 18.2 Å². The van der Waals surface area contributed by atoms with Crippen LogP contribution in [-0.4, -0.2) is 36.2 Å². The average molecular weight is 443 g/mol. The summed E-state index contributed by atoms with van der Waals surface area (Å²) in [5.74, 6) is -1.95. The first-order valence-corrected chi connectivity index (χ1v) is 8.91. The number of hydrogen-bond donors (Lipinski definition) is 1. The van der Waals surface area contributed by atoms with Crippen molar-refractivity contribution in [1.29, 1.82) is 0 Å². The van der Waals surface area contributed by atoms with E-state index in [-0.39, 0.29) is 23.9 Å². The second kappa shape index (κ2) is 8.75. The molecule has 0 spiro atoms. The molecule has 0 saturated carbocycles. The SMILES string of the molecule is O=C(Nc1ncc(-c2noc(C(F)(F)F)n2)cn1)OCc1ccc(-c2cccnc2)nc1. The molecular weight excluding hydrogens is 431 g/mol. The monoisotopic (exact) mass is 443 g/mol. The van der Waals surface area contributed by atoms with E-state index in [0.717, 1.165) is 23.7 Å². The van der Waals surface area contributed by atoms with E-state index in [1.807, 2.05) is 6.07 Å². The molecule has 10 nitrogen and oxygen atoms in total. The van der Waals surface area contributed by atoms with Crippen LogP contribution in [0.2, 0.25) is 0 Å². The number of anilines is 1. The summed E-state index contributed by atoms with van der Waals surface area (Å²) in [4.78, 5) is 31.1. The molecule has 32 heavy (non-hydrogen) atoms. The first kappa shape index (κ1) is 20.8. The number of pyridine rings is 2. The molecule has 0 atom stereocenters. The summed E-state index contributed by atoms with van der Waals surface area (Å²) in [6.07, 6.45) is 1.60. The quantitative estimate of drug-likeness (QED) is 0.490. The van der Waals surface area contributed by atoms with Crippen molar-refractivity contribution in [1.82, 2.24) is 30.1 Å². The van der Waals surface area contributed by atoms with Crippen LogP contribution in [-0.2, 0) is 17.5 Å². The van der Waals surface area contributed by atoms with Gasteiger partial charge in [0.2, 0.25) is 11.8 Å². The summed E-state index contributed by atoms with van der Waals surface area (Å²) in [6, 6.07) is 7.21. The number of aromatic nitrogens is 6. The normalized spacial score (nSPS) is 11.2. The van der Waals surface area contributed by atoms with Crippen molar-refractivity contribution >= 4 is 12.0 Å². The van der Waals surface area contributed by atoms with Gasteiger partial charge in [-0.15, -0.1) is 0 Å². The fourth-order valence-corrected chi connectivity index (χ4v) is 2.44. The Kier molecular flexibility index (Phi) is 5.70.